The molecule has 1 aliphatic heterocycles. The van der Waals surface area contributed by atoms with Crippen LogP contribution in [-0.4, -0.2) is 12.7 Å². The van der Waals surface area contributed by atoms with Crippen molar-refractivity contribution in [1.29, 1.82) is 0 Å². The van der Waals surface area contributed by atoms with E-state index in [9.17, 15) is 0 Å². The Morgan fingerprint density at radius 1 is 1.62 bits per heavy atom. The Balaban J connectivity index is 2.01. The van der Waals surface area contributed by atoms with E-state index in [1.807, 2.05) is 19.1 Å². The van der Waals surface area contributed by atoms with Crippen LogP contribution in [0.3, 0.4) is 0 Å². The predicted molar refractivity (Wildman–Crippen MR) is 33.5 cm³/mol. The van der Waals surface area contributed by atoms with Gasteiger partial charge in [-0.15, -0.1) is 0 Å². The van der Waals surface area contributed by atoms with Crippen LogP contribution in [0.4, 0.5) is 0 Å². The summed E-state index contributed by atoms with van der Waals surface area (Å²) in [6.45, 7) is 2.95. The second-order valence-corrected chi connectivity index (χ2v) is 1.92. The van der Waals surface area contributed by atoms with E-state index < -0.39 is 0 Å². The number of hydrogen-bond donors (Lipinski definition) is 0. The fourth-order valence-corrected chi connectivity index (χ4v) is 0.641. The van der Waals surface area contributed by atoms with Crippen LogP contribution in [0.25, 0.3) is 0 Å². The van der Waals surface area contributed by atoms with E-state index >= 15 is 0 Å². The van der Waals surface area contributed by atoms with E-state index in [1.54, 1.807) is 0 Å². The van der Waals surface area contributed by atoms with Crippen molar-refractivity contribution in [3.05, 3.63) is 18.6 Å². The number of allylic oxidation sites excluding steroid dienone is 1. The lowest BCUT2D eigenvalue weighted by molar-refractivity contribution is -0.0262. The molecule has 0 aromatic carbocycles. The minimum atomic E-state index is 0.422. The lowest BCUT2D eigenvalue weighted by atomic mass is 10.1. The molecule has 0 aliphatic carbocycles. The van der Waals surface area contributed by atoms with Crippen molar-refractivity contribution in [3.63, 3.8) is 0 Å². The summed E-state index contributed by atoms with van der Waals surface area (Å²) in [5, 5.41) is 0. The maximum absolute atomic E-state index is 5.13. The molecule has 1 nitrogen and oxygen atoms in total. The molecule has 0 N–H and O–H groups in total. The Hall–Kier alpha value is -0.300. The van der Waals surface area contributed by atoms with Crippen LogP contribution in [-0.2, 0) is 4.74 Å². The number of ether oxygens (including phenoxy) is 1. The van der Waals surface area contributed by atoms with Gasteiger partial charge >= 0.3 is 0 Å². The first-order chi connectivity index (χ1) is 3.93. The third-order valence-corrected chi connectivity index (χ3v) is 1.25. The van der Waals surface area contributed by atoms with Gasteiger partial charge in [0.25, 0.3) is 0 Å². The summed E-state index contributed by atoms with van der Waals surface area (Å²) < 4.78 is 5.13. The van der Waals surface area contributed by atoms with Crippen LogP contribution >= 0.6 is 0 Å². The highest BCUT2D eigenvalue weighted by Crippen LogP contribution is 2.13. The van der Waals surface area contributed by atoms with Crippen molar-refractivity contribution in [2.24, 2.45) is 0 Å². The van der Waals surface area contributed by atoms with Gasteiger partial charge in [-0.05, 0) is 13.3 Å². The minimum Gasteiger partial charge on any atom is -0.377 e. The third-order valence-electron chi connectivity index (χ3n) is 1.25. The van der Waals surface area contributed by atoms with E-state index in [1.165, 1.54) is 6.42 Å². The molecular formula is C7H11O. The Morgan fingerprint density at radius 2 is 2.38 bits per heavy atom. The highest BCUT2D eigenvalue weighted by Gasteiger charge is 2.15. The molecule has 0 amide bonds. The molecule has 0 aromatic heterocycles. The summed E-state index contributed by atoms with van der Waals surface area (Å²) in [5.41, 5.74) is 0. The van der Waals surface area contributed by atoms with Crippen LogP contribution < -0.4 is 0 Å². The Labute approximate surface area is 50.3 Å². The Morgan fingerprint density at radius 3 is 2.75 bits per heavy atom. The van der Waals surface area contributed by atoms with Gasteiger partial charge in [0.05, 0.1) is 6.10 Å². The molecule has 45 valence electrons. The molecule has 8 heavy (non-hydrogen) atoms. The quantitative estimate of drug-likeness (QED) is 0.525. The average Bonchev–Trinajstić information content (AvgIpc) is 1.63. The molecule has 1 unspecified atom stereocenters. The molecule has 1 atom stereocenters. The molecule has 0 spiro atoms. The highest BCUT2D eigenvalue weighted by molar-refractivity contribution is 4.99. The van der Waals surface area contributed by atoms with Gasteiger partial charge in [-0.25, -0.2) is 0 Å². The number of rotatable bonds is 2. The highest BCUT2D eigenvalue weighted by atomic mass is 16.5. The fourth-order valence-electron chi connectivity index (χ4n) is 0.641. The maximum Gasteiger partial charge on any atom is 0.0666 e. The number of hydrogen-bond acceptors (Lipinski definition) is 1. The third kappa shape index (κ3) is 1.34. The van der Waals surface area contributed by atoms with E-state index in [0.717, 1.165) is 6.61 Å². The SMILES string of the molecule is CC=C[CH]C1CCO1. The summed E-state index contributed by atoms with van der Waals surface area (Å²) in [6, 6.07) is 0. The van der Waals surface area contributed by atoms with Gasteiger partial charge in [-0.2, -0.15) is 0 Å². The van der Waals surface area contributed by atoms with Crippen molar-refractivity contribution in [1.82, 2.24) is 0 Å². The second-order valence-electron chi connectivity index (χ2n) is 1.92. The first kappa shape index (κ1) is 5.83. The second kappa shape index (κ2) is 2.88. The average molecular weight is 111 g/mol. The monoisotopic (exact) mass is 111 g/mol. The van der Waals surface area contributed by atoms with E-state index in [-0.39, 0.29) is 0 Å². The molecule has 1 rings (SSSR count). The zero-order chi connectivity index (χ0) is 5.82. The molecule has 0 saturated carbocycles. The molecule has 1 saturated heterocycles. The van der Waals surface area contributed by atoms with Crippen molar-refractivity contribution >= 4 is 0 Å². The van der Waals surface area contributed by atoms with Gasteiger partial charge in [-0.1, -0.05) is 12.2 Å². The fraction of sp³-hybridized carbons (Fsp3) is 0.571. The smallest absolute Gasteiger partial charge is 0.0666 e. The molecule has 1 radical (unpaired) electrons. The van der Waals surface area contributed by atoms with Crippen molar-refractivity contribution < 1.29 is 4.74 Å². The largest absolute Gasteiger partial charge is 0.377 e. The Bertz CT molecular complexity index is 82.4. The summed E-state index contributed by atoms with van der Waals surface area (Å²) in [5.74, 6) is 0. The van der Waals surface area contributed by atoms with Gasteiger partial charge < -0.3 is 4.74 Å². The molecule has 1 heterocycles. The zero-order valence-corrected chi connectivity index (χ0v) is 5.13. The summed E-state index contributed by atoms with van der Waals surface area (Å²) in [7, 11) is 0. The summed E-state index contributed by atoms with van der Waals surface area (Å²) in [6.07, 6.45) is 7.76. The lowest BCUT2D eigenvalue weighted by Crippen LogP contribution is -2.26. The van der Waals surface area contributed by atoms with Gasteiger partial charge in [0.2, 0.25) is 0 Å². The van der Waals surface area contributed by atoms with Gasteiger partial charge in [0.15, 0.2) is 0 Å². The van der Waals surface area contributed by atoms with Gasteiger partial charge in [-0.3, -0.25) is 0 Å². The van der Waals surface area contributed by atoms with E-state index in [2.05, 4.69) is 6.42 Å². The summed E-state index contributed by atoms with van der Waals surface area (Å²) >= 11 is 0. The van der Waals surface area contributed by atoms with Gasteiger partial charge in [0, 0.05) is 13.0 Å². The van der Waals surface area contributed by atoms with Crippen LogP contribution in [0.15, 0.2) is 12.2 Å². The van der Waals surface area contributed by atoms with Crippen molar-refractivity contribution in [2.75, 3.05) is 6.61 Å². The van der Waals surface area contributed by atoms with Crippen molar-refractivity contribution in [3.8, 4) is 0 Å². The standard InChI is InChI=1S/C7H11O/c1-2-3-4-7-5-6-8-7/h2-4,7H,5-6H2,1H3. The maximum atomic E-state index is 5.13. The molecule has 1 aliphatic rings. The van der Waals surface area contributed by atoms with Crippen molar-refractivity contribution in [2.45, 2.75) is 19.4 Å². The topological polar surface area (TPSA) is 9.23 Å². The van der Waals surface area contributed by atoms with Crippen LogP contribution in [0, 0.1) is 6.42 Å². The molecule has 1 fully saturated rings. The first-order valence-electron chi connectivity index (χ1n) is 3.01. The predicted octanol–water partition coefficient (Wildman–Crippen LogP) is 1.56. The van der Waals surface area contributed by atoms with Gasteiger partial charge in [0.1, 0.15) is 0 Å². The zero-order valence-electron chi connectivity index (χ0n) is 5.13. The van der Waals surface area contributed by atoms with Crippen LogP contribution in [0.2, 0.25) is 0 Å². The molecule has 0 aromatic rings. The Kier molecular flexibility index (Phi) is 2.10. The first-order valence-corrected chi connectivity index (χ1v) is 3.01. The summed E-state index contributed by atoms with van der Waals surface area (Å²) in [4.78, 5) is 0. The molecule has 0 bridgehead atoms. The lowest BCUT2D eigenvalue weighted by Gasteiger charge is -2.24. The van der Waals surface area contributed by atoms with E-state index in [0.29, 0.717) is 6.10 Å². The van der Waals surface area contributed by atoms with E-state index in [4.69, 9.17) is 4.74 Å². The van der Waals surface area contributed by atoms with Crippen LogP contribution in [0.5, 0.6) is 0 Å². The normalized spacial score (nSPS) is 28.4. The van der Waals surface area contributed by atoms with Crippen LogP contribution in [0.1, 0.15) is 13.3 Å². The molecular weight excluding hydrogens is 100 g/mol. The molecule has 1 heteroatoms. The minimum absolute atomic E-state index is 0.422.